The lowest BCUT2D eigenvalue weighted by atomic mass is 10.1. The van der Waals surface area contributed by atoms with Gasteiger partial charge in [0.2, 0.25) is 0 Å². The normalized spacial score (nSPS) is 22.6. The third-order valence-corrected chi connectivity index (χ3v) is 4.91. The third kappa shape index (κ3) is 7.44. The predicted octanol–water partition coefficient (Wildman–Crippen LogP) is 2.62. The molecule has 2 N–H and O–H groups in total. The number of nitrogens with zero attached hydrogens (tertiary/aromatic N) is 3. The van der Waals surface area contributed by atoms with E-state index in [1.165, 1.54) is 6.54 Å². The van der Waals surface area contributed by atoms with Crippen molar-refractivity contribution in [2.75, 3.05) is 33.2 Å². The Labute approximate surface area is 167 Å². The summed E-state index contributed by atoms with van der Waals surface area (Å²) in [5, 5.41) is 7.09. The van der Waals surface area contributed by atoms with Gasteiger partial charge in [-0.1, -0.05) is 6.92 Å². The van der Waals surface area contributed by atoms with E-state index < -0.39 is 0 Å². The quantitative estimate of drug-likeness (QED) is 0.354. The van der Waals surface area contributed by atoms with E-state index in [0.717, 1.165) is 25.6 Å². The van der Waals surface area contributed by atoms with Crippen LogP contribution in [0.4, 0.5) is 0 Å². The first-order valence-electron chi connectivity index (χ1n) is 9.23. The van der Waals surface area contributed by atoms with Crippen LogP contribution in [0.1, 0.15) is 48.5 Å². The second-order valence-electron chi connectivity index (χ2n) is 7.70. The van der Waals surface area contributed by atoms with E-state index in [4.69, 9.17) is 0 Å². The summed E-state index contributed by atoms with van der Waals surface area (Å²) in [5.74, 6) is 1.58. The molecule has 0 spiro atoms. The molecule has 1 fully saturated rings. The van der Waals surface area contributed by atoms with Crippen molar-refractivity contribution in [2.45, 2.75) is 72.6 Å². The standard InChI is InChI=1S/C18H39N5.HI/c1-13(2)22-11-16(7)17(12-22)21-18(19-8)20-9-10-23(14(3)4)15(5)6;/h13-17H,9-12H2,1-8H3,(H2,19,20,21);1H. The molecule has 1 saturated heterocycles. The van der Waals surface area contributed by atoms with Gasteiger partial charge in [-0.25, -0.2) is 0 Å². The number of rotatable bonds is 7. The van der Waals surface area contributed by atoms with Crippen molar-refractivity contribution < 1.29 is 0 Å². The van der Waals surface area contributed by atoms with E-state index in [9.17, 15) is 0 Å². The van der Waals surface area contributed by atoms with Crippen LogP contribution in [0.15, 0.2) is 4.99 Å². The minimum atomic E-state index is 0. The van der Waals surface area contributed by atoms with Crippen molar-refractivity contribution in [3.63, 3.8) is 0 Å². The average molecular weight is 453 g/mol. The summed E-state index contributed by atoms with van der Waals surface area (Å²) >= 11 is 0. The van der Waals surface area contributed by atoms with Crippen molar-refractivity contribution in [3.05, 3.63) is 0 Å². The molecule has 0 radical (unpaired) electrons. The van der Waals surface area contributed by atoms with E-state index in [1.54, 1.807) is 0 Å². The Morgan fingerprint density at radius 3 is 2.12 bits per heavy atom. The van der Waals surface area contributed by atoms with Crippen LogP contribution < -0.4 is 10.6 Å². The lowest BCUT2D eigenvalue weighted by Gasteiger charge is -2.31. The monoisotopic (exact) mass is 453 g/mol. The number of likely N-dealkylation sites (tertiary alicyclic amines) is 1. The topological polar surface area (TPSA) is 42.9 Å². The number of nitrogens with one attached hydrogen (secondary N) is 2. The van der Waals surface area contributed by atoms with Crippen molar-refractivity contribution in [2.24, 2.45) is 10.9 Å². The summed E-state index contributed by atoms with van der Waals surface area (Å²) in [6, 6.07) is 2.24. The van der Waals surface area contributed by atoms with Crippen molar-refractivity contribution in [1.82, 2.24) is 20.4 Å². The summed E-state index contributed by atoms with van der Waals surface area (Å²) in [6.07, 6.45) is 0. The molecule has 0 amide bonds. The van der Waals surface area contributed by atoms with Gasteiger partial charge >= 0.3 is 0 Å². The van der Waals surface area contributed by atoms with Gasteiger partial charge in [0.05, 0.1) is 0 Å². The molecule has 2 atom stereocenters. The maximum Gasteiger partial charge on any atom is 0.191 e. The molecule has 1 rings (SSSR count). The number of halogens is 1. The number of hydrogen-bond donors (Lipinski definition) is 2. The van der Waals surface area contributed by atoms with Gasteiger partial charge in [0.25, 0.3) is 0 Å². The van der Waals surface area contributed by atoms with Crippen LogP contribution in [0, 0.1) is 5.92 Å². The first-order chi connectivity index (χ1) is 10.8. The maximum absolute atomic E-state index is 4.40. The maximum atomic E-state index is 4.40. The van der Waals surface area contributed by atoms with E-state index in [0.29, 0.717) is 30.1 Å². The highest BCUT2D eigenvalue weighted by Gasteiger charge is 2.31. The fourth-order valence-electron chi connectivity index (χ4n) is 3.40. The number of aliphatic imine (C=N–C) groups is 1. The molecule has 0 aromatic carbocycles. The summed E-state index contributed by atoms with van der Waals surface area (Å²) in [6.45, 7) is 20.1. The van der Waals surface area contributed by atoms with Gasteiger partial charge in [-0.2, -0.15) is 0 Å². The van der Waals surface area contributed by atoms with Gasteiger partial charge in [-0.3, -0.25) is 14.8 Å². The zero-order chi connectivity index (χ0) is 17.6. The van der Waals surface area contributed by atoms with Crippen molar-refractivity contribution >= 4 is 29.9 Å². The molecule has 0 saturated carbocycles. The van der Waals surface area contributed by atoms with Crippen molar-refractivity contribution in [3.8, 4) is 0 Å². The van der Waals surface area contributed by atoms with Crippen LogP contribution in [-0.2, 0) is 0 Å². The van der Waals surface area contributed by atoms with E-state index >= 15 is 0 Å². The first-order valence-corrected chi connectivity index (χ1v) is 9.23. The fourth-order valence-corrected chi connectivity index (χ4v) is 3.40. The van der Waals surface area contributed by atoms with E-state index in [1.807, 2.05) is 7.05 Å². The molecule has 0 aliphatic carbocycles. The molecule has 0 aromatic rings. The Bertz CT molecular complexity index is 362. The molecule has 6 heteroatoms. The van der Waals surface area contributed by atoms with E-state index in [2.05, 4.69) is 73.9 Å². The van der Waals surface area contributed by atoms with E-state index in [-0.39, 0.29) is 24.0 Å². The second kappa shape index (κ2) is 11.5. The smallest absolute Gasteiger partial charge is 0.191 e. The third-order valence-electron chi connectivity index (χ3n) is 4.91. The fraction of sp³-hybridized carbons (Fsp3) is 0.944. The highest BCUT2D eigenvalue weighted by atomic mass is 127. The molecule has 0 bridgehead atoms. The van der Waals surface area contributed by atoms with Gasteiger partial charge in [0.1, 0.15) is 0 Å². The van der Waals surface area contributed by atoms with Crippen LogP contribution in [0.3, 0.4) is 0 Å². The Hall–Kier alpha value is -0.0800. The molecule has 0 aromatic heterocycles. The predicted molar refractivity (Wildman–Crippen MR) is 117 cm³/mol. The van der Waals surface area contributed by atoms with Gasteiger partial charge in [0, 0.05) is 57.4 Å². The molecule has 1 heterocycles. The molecular formula is C18H40IN5. The average Bonchev–Trinajstić information content (AvgIpc) is 2.82. The summed E-state index contributed by atoms with van der Waals surface area (Å²) in [4.78, 5) is 9.44. The molecule has 24 heavy (non-hydrogen) atoms. The van der Waals surface area contributed by atoms with Gasteiger partial charge in [0.15, 0.2) is 5.96 Å². The van der Waals surface area contributed by atoms with Crippen LogP contribution in [0.2, 0.25) is 0 Å². The molecular weight excluding hydrogens is 413 g/mol. The largest absolute Gasteiger partial charge is 0.355 e. The zero-order valence-corrected chi connectivity index (χ0v) is 19.3. The zero-order valence-electron chi connectivity index (χ0n) is 17.0. The molecule has 144 valence electrons. The second-order valence-corrected chi connectivity index (χ2v) is 7.70. The highest BCUT2D eigenvalue weighted by Crippen LogP contribution is 2.18. The molecule has 1 aliphatic rings. The highest BCUT2D eigenvalue weighted by molar-refractivity contribution is 14.0. The first kappa shape index (κ1) is 23.9. The van der Waals surface area contributed by atoms with Crippen LogP contribution in [0.25, 0.3) is 0 Å². The Morgan fingerprint density at radius 1 is 1.12 bits per heavy atom. The molecule has 1 aliphatic heterocycles. The van der Waals surface area contributed by atoms with Gasteiger partial charge < -0.3 is 10.6 Å². The van der Waals surface area contributed by atoms with Crippen LogP contribution >= 0.6 is 24.0 Å². The molecule has 2 unspecified atom stereocenters. The lowest BCUT2D eigenvalue weighted by Crippen LogP contribution is -2.49. The van der Waals surface area contributed by atoms with Gasteiger partial charge in [-0.15, -0.1) is 24.0 Å². The Balaban J connectivity index is 0.00000529. The van der Waals surface area contributed by atoms with Gasteiger partial charge in [-0.05, 0) is 47.5 Å². The summed E-state index contributed by atoms with van der Waals surface area (Å²) in [7, 11) is 1.86. The minimum Gasteiger partial charge on any atom is -0.355 e. The van der Waals surface area contributed by atoms with Crippen LogP contribution in [-0.4, -0.2) is 73.2 Å². The lowest BCUT2D eigenvalue weighted by molar-refractivity contribution is 0.178. The Morgan fingerprint density at radius 2 is 1.71 bits per heavy atom. The SMILES string of the molecule is CN=C(NCCN(C(C)C)C(C)C)NC1CN(C(C)C)CC1C.I. The summed E-state index contributed by atoms with van der Waals surface area (Å²) in [5.41, 5.74) is 0. The molecule has 5 nitrogen and oxygen atoms in total. The number of guanidine groups is 1. The summed E-state index contributed by atoms with van der Waals surface area (Å²) < 4.78 is 0. The number of hydrogen-bond acceptors (Lipinski definition) is 3. The Kier molecular flexibility index (Phi) is 11.5. The van der Waals surface area contributed by atoms with Crippen LogP contribution in [0.5, 0.6) is 0 Å². The minimum absolute atomic E-state index is 0. The van der Waals surface area contributed by atoms with Crippen molar-refractivity contribution in [1.29, 1.82) is 0 Å².